The number of carbonyl (C=O) groups is 1. The summed E-state index contributed by atoms with van der Waals surface area (Å²) < 4.78 is 11.0. The molecule has 0 aromatic heterocycles. The first kappa shape index (κ1) is 17.1. The summed E-state index contributed by atoms with van der Waals surface area (Å²) in [5.74, 6) is 0.116. The number of rotatable bonds is 6. The van der Waals surface area contributed by atoms with E-state index in [-0.39, 0.29) is 6.61 Å². The zero-order valence-electron chi connectivity index (χ0n) is 13.5. The van der Waals surface area contributed by atoms with Gasteiger partial charge >= 0.3 is 5.97 Å². The first-order valence-electron chi connectivity index (χ1n) is 7.90. The molecule has 3 aromatic rings. The van der Waals surface area contributed by atoms with E-state index in [1.165, 1.54) is 0 Å². The molecule has 0 spiro atoms. The molecule has 0 saturated carbocycles. The minimum absolute atomic E-state index is 0.226. The largest absolute Gasteiger partial charge is 0.487 e. The van der Waals surface area contributed by atoms with Crippen molar-refractivity contribution in [1.82, 2.24) is 0 Å². The Morgan fingerprint density at radius 2 is 1.40 bits per heavy atom. The first-order chi connectivity index (χ1) is 12.2. The Morgan fingerprint density at radius 1 is 0.800 bits per heavy atom. The minimum atomic E-state index is -0.416. The van der Waals surface area contributed by atoms with Crippen LogP contribution in [0.25, 0.3) is 0 Å². The van der Waals surface area contributed by atoms with Crippen LogP contribution in [0.15, 0.2) is 78.9 Å². The maximum Gasteiger partial charge on any atom is 0.338 e. The van der Waals surface area contributed by atoms with Crippen LogP contribution in [0.4, 0.5) is 0 Å². The van der Waals surface area contributed by atoms with Crippen molar-refractivity contribution in [2.75, 3.05) is 0 Å². The zero-order valence-corrected chi connectivity index (χ0v) is 14.3. The van der Waals surface area contributed by atoms with Gasteiger partial charge in [0.2, 0.25) is 0 Å². The molecule has 0 unspecified atom stereocenters. The number of esters is 1. The molecule has 25 heavy (non-hydrogen) atoms. The SMILES string of the molecule is O=C(OCc1ccccc1)c1ccc(OCc2ccccc2)c(Cl)c1. The van der Waals surface area contributed by atoms with E-state index in [1.54, 1.807) is 18.2 Å². The maximum atomic E-state index is 12.1. The molecule has 0 aliphatic rings. The summed E-state index contributed by atoms with van der Waals surface area (Å²) in [5.41, 5.74) is 2.38. The highest BCUT2D eigenvalue weighted by atomic mass is 35.5. The molecule has 3 aromatic carbocycles. The smallest absolute Gasteiger partial charge is 0.338 e. The third-order valence-corrected chi connectivity index (χ3v) is 3.91. The molecule has 3 rings (SSSR count). The Morgan fingerprint density at radius 3 is 2.00 bits per heavy atom. The van der Waals surface area contributed by atoms with Crippen LogP contribution in [0.2, 0.25) is 5.02 Å². The van der Waals surface area contributed by atoms with Gasteiger partial charge in [0.05, 0.1) is 10.6 Å². The highest BCUT2D eigenvalue weighted by Crippen LogP contribution is 2.26. The van der Waals surface area contributed by atoms with Crippen molar-refractivity contribution < 1.29 is 14.3 Å². The molecule has 0 heterocycles. The van der Waals surface area contributed by atoms with E-state index >= 15 is 0 Å². The second-order valence-electron chi connectivity index (χ2n) is 5.48. The Bertz CT molecular complexity index is 832. The van der Waals surface area contributed by atoms with Crippen LogP contribution in [0.1, 0.15) is 21.5 Å². The van der Waals surface area contributed by atoms with Gasteiger partial charge in [0.1, 0.15) is 19.0 Å². The molecule has 4 heteroatoms. The van der Waals surface area contributed by atoms with Crippen LogP contribution in [-0.4, -0.2) is 5.97 Å². The van der Waals surface area contributed by atoms with Gasteiger partial charge in [0.15, 0.2) is 0 Å². The van der Waals surface area contributed by atoms with Crippen molar-refractivity contribution in [1.29, 1.82) is 0 Å². The summed E-state index contributed by atoms with van der Waals surface area (Å²) in [6.45, 7) is 0.641. The molecule has 0 saturated heterocycles. The van der Waals surface area contributed by atoms with Crippen LogP contribution in [-0.2, 0) is 18.0 Å². The highest BCUT2D eigenvalue weighted by Gasteiger charge is 2.11. The predicted octanol–water partition coefficient (Wildman–Crippen LogP) is 5.28. The van der Waals surface area contributed by atoms with Crippen molar-refractivity contribution in [3.8, 4) is 5.75 Å². The van der Waals surface area contributed by atoms with Crippen LogP contribution in [0.5, 0.6) is 5.75 Å². The number of halogens is 1. The van der Waals surface area contributed by atoms with Crippen molar-refractivity contribution in [3.05, 3.63) is 101 Å². The van der Waals surface area contributed by atoms with E-state index in [0.717, 1.165) is 11.1 Å². The van der Waals surface area contributed by atoms with Crippen LogP contribution < -0.4 is 4.74 Å². The van der Waals surface area contributed by atoms with Gasteiger partial charge in [-0.25, -0.2) is 4.79 Å². The minimum Gasteiger partial charge on any atom is -0.487 e. The zero-order chi connectivity index (χ0) is 17.5. The Hall–Kier alpha value is -2.78. The van der Waals surface area contributed by atoms with Crippen molar-refractivity contribution >= 4 is 17.6 Å². The quantitative estimate of drug-likeness (QED) is 0.566. The fourth-order valence-corrected chi connectivity index (χ4v) is 2.52. The maximum absolute atomic E-state index is 12.1. The predicted molar refractivity (Wildman–Crippen MR) is 97.8 cm³/mol. The van der Waals surface area contributed by atoms with Gasteiger partial charge in [-0.05, 0) is 29.3 Å². The highest BCUT2D eigenvalue weighted by molar-refractivity contribution is 6.32. The number of carbonyl (C=O) groups excluding carboxylic acids is 1. The molecular formula is C21H17ClO3. The molecular weight excluding hydrogens is 336 g/mol. The van der Waals surface area contributed by atoms with Crippen LogP contribution in [0, 0.1) is 0 Å². The Labute approximate surface area is 151 Å². The summed E-state index contributed by atoms with van der Waals surface area (Å²) in [6, 6.07) is 24.2. The van der Waals surface area contributed by atoms with Crippen LogP contribution >= 0.6 is 11.6 Å². The number of benzene rings is 3. The van der Waals surface area contributed by atoms with Crippen molar-refractivity contribution in [2.45, 2.75) is 13.2 Å². The lowest BCUT2D eigenvalue weighted by Gasteiger charge is -2.10. The van der Waals surface area contributed by atoms with E-state index in [2.05, 4.69) is 0 Å². The lowest BCUT2D eigenvalue weighted by molar-refractivity contribution is 0.0472. The number of hydrogen-bond acceptors (Lipinski definition) is 3. The van der Waals surface area contributed by atoms with E-state index in [9.17, 15) is 4.79 Å². The summed E-state index contributed by atoms with van der Waals surface area (Å²) in [4.78, 5) is 12.1. The second-order valence-corrected chi connectivity index (χ2v) is 5.89. The molecule has 0 fully saturated rings. The Balaban J connectivity index is 1.60. The van der Waals surface area contributed by atoms with Gasteiger partial charge in [-0.2, -0.15) is 0 Å². The van der Waals surface area contributed by atoms with E-state index in [0.29, 0.717) is 22.9 Å². The lowest BCUT2D eigenvalue weighted by atomic mass is 10.2. The standard InChI is InChI=1S/C21H17ClO3/c22-19-13-18(21(23)25-15-17-9-5-2-6-10-17)11-12-20(19)24-14-16-7-3-1-4-8-16/h1-13H,14-15H2. The summed E-state index contributed by atoms with van der Waals surface area (Å²) in [7, 11) is 0. The van der Waals surface area contributed by atoms with Gasteiger partial charge in [0.25, 0.3) is 0 Å². The molecule has 0 radical (unpaired) electrons. The third-order valence-electron chi connectivity index (χ3n) is 3.62. The topological polar surface area (TPSA) is 35.5 Å². The van der Waals surface area contributed by atoms with Gasteiger partial charge in [-0.15, -0.1) is 0 Å². The van der Waals surface area contributed by atoms with Gasteiger partial charge < -0.3 is 9.47 Å². The van der Waals surface area contributed by atoms with E-state index < -0.39 is 5.97 Å². The molecule has 0 aliphatic heterocycles. The normalized spacial score (nSPS) is 10.3. The van der Waals surface area contributed by atoms with Crippen molar-refractivity contribution in [3.63, 3.8) is 0 Å². The molecule has 0 N–H and O–H groups in total. The average molecular weight is 353 g/mol. The summed E-state index contributed by atoms with van der Waals surface area (Å²) in [6.07, 6.45) is 0. The monoisotopic (exact) mass is 352 g/mol. The molecule has 0 amide bonds. The average Bonchev–Trinajstić information content (AvgIpc) is 2.66. The molecule has 0 atom stereocenters. The lowest BCUT2D eigenvalue weighted by Crippen LogP contribution is -2.05. The summed E-state index contributed by atoms with van der Waals surface area (Å²) >= 11 is 6.22. The van der Waals surface area contributed by atoms with Gasteiger partial charge in [0, 0.05) is 0 Å². The van der Waals surface area contributed by atoms with Gasteiger partial charge in [-0.3, -0.25) is 0 Å². The second kappa shape index (κ2) is 8.36. The molecule has 3 nitrogen and oxygen atoms in total. The molecule has 0 aliphatic carbocycles. The van der Waals surface area contributed by atoms with Gasteiger partial charge in [-0.1, -0.05) is 72.3 Å². The fourth-order valence-electron chi connectivity index (χ4n) is 2.29. The first-order valence-corrected chi connectivity index (χ1v) is 8.27. The van der Waals surface area contributed by atoms with E-state index in [4.69, 9.17) is 21.1 Å². The number of hydrogen-bond donors (Lipinski definition) is 0. The third kappa shape index (κ3) is 4.85. The Kier molecular flexibility index (Phi) is 5.70. The van der Waals surface area contributed by atoms with E-state index in [1.807, 2.05) is 60.7 Å². The number of ether oxygens (including phenoxy) is 2. The molecule has 126 valence electrons. The van der Waals surface area contributed by atoms with Crippen molar-refractivity contribution in [2.24, 2.45) is 0 Å². The fraction of sp³-hybridized carbons (Fsp3) is 0.0952. The summed E-state index contributed by atoms with van der Waals surface area (Å²) in [5, 5.41) is 0.380. The molecule has 0 bridgehead atoms. The van der Waals surface area contributed by atoms with Crippen LogP contribution in [0.3, 0.4) is 0 Å².